The van der Waals surface area contributed by atoms with Crippen molar-refractivity contribution in [2.45, 2.75) is 111 Å². The van der Waals surface area contributed by atoms with Crippen molar-refractivity contribution >= 4 is 29.6 Å². The van der Waals surface area contributed by atoms with Gasteiger partial charge in [0.05, 0.1) is 13.2 Å². The van der Waals surface area contributed by atoms with Gasteiger partial charge in [-0.15, -0.1) is 0 Å². The molecule has 11 heteroatoms. The Morgan fingerprint density at radius 3 is 2.19 bits per heavy atom. The van der Waals surface area contributed by atoms with E-state index in [1.54, 1.807) is 19.0 Å². The van der Waals surface area contributed by atoms with E-state index in [1.807, 2.05) is 55.4 Å². The summed E-state index contributed by atoms with van der Waals surface area (Å²) in [4.78, 5) is 72.0. The monoisotopic (exact) mass is 606 g/mol. The van der Waals surface area contributed by atoms with Gasteiger partial charge in [-0.05, 0) is 57.5 Å². The highest BCUT2D eigenvalue weighted by molar-refractivity contribution is 6.07. The average molecular weight is 607 g/mol. The van der Waals surface area contributed by atoms with Crippen LogP contribution >= 0.6 is 0 Å². The van der Waals surface area contributed by atoms with Gasteiger partial charge in [0.25, 0.3) is 17.7 Å². The summed E-state index contributed by atoms with van der Waals surface area (Å²) in [6.07, 6.45) is 2.42. The van der Waals surface area contributed by atoms with Gasteiger partial charge in [0.2, 0.25) is 5.91 Å². The molecule has 1 fully saturated rings. The lowest BCUT2D eigenvalue weighted by Gasteiger charge is -2.35. The molecule has 2 aliphatic heterocycles. The number of imide groups is 1. The topological polar surface area (TPSA) is 126 Å². The molecule has 0 aliphatic carbocycles. The fraction of sp³-hybridized carbons (Fsp3) is 0.781. The Morgan fingerprint density at radius 2 is 1.70 bits per heavy atom. The molecule has 0 spiro atoms. The first-order valence-corrected chi connectivity index (χ1v) is 15.7. The van der Waals surface area contributed by atoms with Crippen LogP contribution in [0.3, 0.4) is 0 Å². The second-order valence-corrected chi connectivity index (χ2v) is 13.3. The van der Waals surface area contributed by atoms with Crippen molar-refractivity contribution < 1.29 is 33.4 Å². The Hall–Kier alpha value is -2.95. The van der Waals surface area contributed by atoms with Crippen LogP contribution in [0.4, 0.5) is 0 Å². The van der Waals surface area contributed by atoms with Gasteiger partial charge in [-0.1, -0.05) is 55.4 Å². The zero-order chi connectivity index (χ0) is 32.8. The molecule has 0 aromatic heterocycles. The van der Waals surface area contributed by atoms with Crippen LogP contribution in [0, 0.1) is 23.7 Å². The highest BCUT2D eigenvalue weighted by Crippen LogP contribution is 2.31. The number of nitrogens with one attached hydrogen (secondary N) is 1. The number of carbonyl (C=O) groups is 5. The quantitative estimate of drug-likeness (QED) is 0.236. The van der Waals surface area contributed by atoms with E-state index in [0.29, 0.717) is 38.0 Å². The molecule has 43 heavy (non-hydrogen) atoms. The van der Waals surface area contributed by atoms with E-state index in [4.69, 9.17) is 9.47 Å². The molecule has 0 saturated carbocycles. The van der Waals surface area contributed by atoms with Gasteiger partial charge < -0.3 is 19.7 Å². The minimum absolute atomic E-state index is 0.0808. The summed E-state index contributed by atoms with van der Waals surface area (Å²) in [5.41, 5.74) is 0. The third kappa shape index (κ3) is 8.58. The van der Waals surface area contributed by atoms with Crippen LogP contribution in [0.25, 0.3) is 0 Å². The fourth-order valence-electron chi connectivity index (χ4n) is 5.78. The maximum Gasteiger partial charge on any atom is 0.324 e. The second-order valence-electron chi connectivity index (χ2n) is 13.3. The lowest BCUT2D eigenvalue weighted by Crippen LogP contribution is -2.58. The Morgan fingerprint density at radius 1 is 1.07 bits per heavy atom. The van der Waals surface area contributed by atoms with E-state index >= 15 is 0 Å². The van der Waals surface area contributed by atoms with Crippen molar-refractivity contribution in [2.75, 3.05) is 27.7 Å². The summed E-state index contributed by atoms with van der Waals surface area (Å²) in [5, 5.41) is 2.86. The summed E-state index contributed by atoms with van der Waals surface area (Å²) in [6.45, 7) is 15.6. The minimum atomic E-state index is -1.08. The third-order valence-electron chi connectivity index (χ3n) is 8.48. The van der Waals surface area contributed by atoms with E-state index in [9.17, 15) is 24.0 Å². The fourth-order valence-corrected chi connectivity index (χ4v) is 5.78. The maximum absolute atomic E-state index is 14.0. The lowest BCUT2D eigenvalue weighted by molar-refractivity contribution is -0.164. The van der Waals surface area contributed by atoms with Gasteiger partial charge in [-0.3, -0.25) is 33.8 Å². The molecule has 6 atom stereocenters. The highest BCUT2D eigenvalue weighted by atomic mass is 16.6. The molecule has 0 aromatic carbocycles. The van der Waals surface area contributed by atoms with Crippen molar-refractivity contribution in [2.24, 2.45) is 23.7 Å². The molecule has 1 saturated heterocycles. The Bertz CT molecular complexity index is 1050. The zero-order valence-corrected chi connectivity index (χ0v) is 28.0. The first-order valence-electron chi connectivity index (χ1n) is 15.7. The molecular formula is C32H54N4O7. The number of likely N-dealkylation sites (tertiary alicyclic amines) is 1. The normalized spacial score (nSPS) is 21.7. The summed E-state index contributed by atoms with van der Waals surface area (Å²) in [5.74, 6) is -2.32. The summed E-state index contributed by atoms with van der Waals surface area (Å²) in [7, 11) is 5.08. The predicted molar refractivity (Wildman–Crippen MR) is 163 cm³/mol. The van der Waals surface area contributed by atoms with Gasteiger partial charge >= 0.3 is 5.97 Å². The van der Waals surface area contributed by atoms with Crippen molar-refractivity contribution in [3.05, 3.63) is 11.8 Å². The number of hydrogen-bond acceptors (Lipinski definition) is 8. The van der Waals surface area contributed by atoms with E-state index < -0.39 is 59.9 Å². The lowest BCUT2D eigenvalue weighted by atomic mass is 9.97. The number of ether oxygens (including phenoxy) is 2. The molecule has 2 heterocycles. The number of esters is 1. The summed E-state index contributed by atoms with van der Waals surface area (Å²) >= 11 is 0. The molecule has 2 aliphatic rings. The Kier molecular flexibility index (Phi) is 13.2. The number of amides is 4. The number of nitrogens with zero attached hydrogens (tertiary/aromatic N) is 3. The summed E-state index contributed by atoms with van der Waals surface area (Å²) in [6, 6.07) is -2.83. The molecular weight excluding hydrogens is 552 g/mol. The van der Waals surface area contributed by atoms with E-state index in [1.165, 1.54) is 23.0 Å². The van der Waals surface area contributed by atoms with Gasteiger partial charge in [0, 0.05) is 18.5 Å². The first kappa shape index (κ1) is 36.2. The van der Waals surface area contributed by atoms with Crippen LogP contribution < -0.4 is 5.32 Å². The maximum atomic E-state index is 14.0. The van der Waals surface area contributed by atoms with Crippen molar-refractivity contribution in [3.63, 3.8) is 0 Å². The van der Waals surface area contributed by atoms with Crippen LogP contribution in [0.2, 0.25) is 0 Å². The molecule has 2 rings (SSSR count). The minimum Gasteiger partial charge on any atom is -0.499 e. The van der Waals surface area contributed by atoms with E-state index in [-0.39, 0.29) is 23.7 Å². The van der Waals surface area contributed by atoms with Crippen LogP contribution in [0.5, 0.6) is 0 Å². The number of hydrogen-bond donors (Lipinski definition) is 1. The standard InChI is InChI=1S/C32H54N4O7/c1-12-21(8)28(43-32(41)23(34(9)10)16-18(2)3)29(38)33-26(19(4)5)31(40)35-15-13-14-22(35)30(39)36-25(37)17-24(42-11)27(36)20(6)7/h17-23,26-28H,12-16H2,1-11H3,(H,33,38)/t21-,22+,23-,26-,27+,28-/m0/s1. The van der Waals surface area contributed by atoms with Crippen LogP contribution in [0.15, 0.2) is 11.8 Å². The van der Waals surface area contributed by atoms with Gasteiger partial charge in [0.1, 0.15) is 23.9 Å². The molecule has 0 unspecified atom stereocenters. The summed E-state index contributed by atoms with van der Waals surface area (Å²) < 4.78 is 11.2. The molecule has 1 N–H and O–H groups in total. The SMILES string of the molecule is CC[C@H](C)[C@H](OC(=O)[C@H](CC(C)C)N(C)C)C(=O)N[C@H](C(=O)N1CCC[C@@H]1C(=O)N1C(=O)C=C(OC)[C@H]1C(C)C)C(C)C. The van der Waals surface area contributed by atoms with E-state index in [0.717, 1.165) is 0 Å². The predicted octanol–water partition coefficient (Wildman–Crippen LogP) is 2.98. The smallest absolute Gasteiger partial charge is 0.324 e. The Labute approximate surface area is 257 Å². The van der Waals surface area contributed by atoms with Crippen molar-refractivity contribution in [3.8, 4) is 0 Å². The molecule has 244 valence electrons. The second kappa shape index (κ2) is 15.7. The van der Waals surface area contributed by atoms with Gasteiger partial charge in [0.15, 0.2) is 6.10 Å². The zero-order valence-electron chi connectivity index (χ0n) is 28.0. The Balaban J connectivity index is 2.28. The number of methoxy groups -OCH3 is 1. The molecule has 0 bridgehead atoms. The highest BCUT2D eigenvalue weighted by Gasteiger charge is 2.47. The van der Waals surface area contributed by atoms with Gasteiger partial charge in [-0.2, -0.15) is 0 Å². The third-order valence-corrected chi connectivity index (χ3v) is 8.48. The van der Waals surface area contributed by atoms with Gasteiger partial charge in [-0.25, -0.2) is 0 Å². The van der Waals surface area contributed by atoms with Crippen LogP contribution in [-0.2, 0) is 33.4 Å². The van der Waals surface area contributed by atoms with E-state index in [2.05, 4.69) is 5.32 Å². The molecule has 4 amide bonds. The number of rotatable bonds is 14. The first-order chi connectivity index (χ1) is 20.1. The number of likely N-dealkylation sites (N-methyl/N-ethyl adjacent to an activating group) is 1. The van der Waals surface area contributed by atoms with Crippen molar-refractivity contribution in [1.29, 1.82) is 0 Å². The number of carbonyl (C=O) groups excluding carboxylic acids is 5. The van der Waals surface area contributed by atoms with Crippen molar-refractivity contribution in [1.82, 2.24) is 20.0 Å². The molecule has 0 aromatic rings. The molecule has 0 radical (unpaired) electrons. The largest absolute Gasteiger partial charge is 0.499 e. The van der Waals surface area contributed by atoms with Crippen LogP contribution in [-0.4, -0.2) is 102 Å². The van der Waals surface area contributed by atoms with Crippen LogP contribution in [0.1, 0.15) is 81.1 Å². The average Bonchev–Trinajstić information content (AvgIpc) is 3.56. The molecule has 11 nitrogen and oxygen atoms in total.